The summed E-state index contributed by atoms with van der Waals surface area (Å²) in [5.41, 5.74) is 1.47. The molecule has 0 saturated heterocycles. The van der Waals surface area contributed by atoms with E-state index < -0.39 is 12.1 Å². The molecule has 0 saturated carbocycles. The van der Waals surface area contributed by atoms with Crippen LogP contribution in [0, 0.1) is 0 Å². The summed E-state index contributed by atoms with van der Waals surface area (Å²) in [7, 11) is 4.80. The second kappa shape index (κ2) is 8.26. The molecule has 2 amide bonds. The highest BCUT2D eigenvalue weighted by atomic mass is 16.5. The van der Waals surface area contributed by atoms with Gasteiger partial charge in [0.25, 0.3) is 5.91 Å². The summed E-state index contributed by atoms with van der Waals surface area (Å²) in [6.07, 6.45) is -0.771. The largest absolute Gasteiger partial charge is 0.367 e. The van der Waals surface area contributed by atoms with Gasteiger partial charge < -0.3 is 15.0 Å². The van der Waals surface area contributed by atoms with Gasteiger partial charge in [0.2, 0.25) is 5.91 Å². The van der Waals surface area contributed by atoms with Gasteiger partial charge in [-0.15, -0.1) is 0 Å². The number of nitrogens with one attached hydrogen (secondary N) is 1. The highest BCUT2D eigenvalue weighted by Gasteiger charge is 2.28. The lowest BCUT2D eigenvalue weighted by atomic mass is 10.0. The van der Waals surface area contributed by atoms with Crippen LogP contribution in [0.4, 0.5) is 0 Å². The summed E-state index contributed by atoms with van der Waals surface area (Å²) < 4.78 is 5.34. The maximum Gasteiger partial charge on any atom is 0.254 e. The van der Waals surface area contributed by atoms with Crippen LogP contribution in [0.3, 0.4) is 0 Å². The first-order valence-electron chi connectivity index (χ1n) is 7.68. The minimum absolute atomic E-state index is 0.197. The van der Waals surface area contributed by atoms with Gasteiger partial charge in [-0.3, -0.25) is 9.59 Å². The predicted molar refractivity (Wildman–Crippen MR) is 92.2 cm³/mol. The van der Waals surface area contributed by atoms with Crippen LogP contribution in [0.15, 0.2) is 60.7 Å². The van der Waals surface area contributed by atoms with Gasteiger partial charge in [0, 0.05) is 21.2 Å². The van der Waals surface area contributed by atoms with E-state index in [1.54, 1.807) is 14.1 Å². The minimum Gasteiger partial charge on any atom is -0.367 e. The average molecular weight is 326 g/mol. The summed E-state index contributed by atoms with van der Waals surface area (Å²) in [4.78, 5) is 26.6. The average Bonchev–Trinajstić information content (AvgIpc) is 2.61. The Balaban J connectivity index is 2.25. The Morgan fingerprint density at radius 3 is 1.88 bits per heavy atom. The van der Waals surface area contributed by atoms with Crippen molar-refractivity contribution in [2.75, 3.05) is 21.2 Å². The molecule has 2 rings (SSSR count). The Labute approximate surface area is 142 Å². The number of ether oxygens (including phenoxy) is 1. The van der Waals surface area contributed by atoms with E-state index in [-0.39, 0.29) is 11.8 Å². The number of methoxy groups -OCH3 is 1. The second-order valence-corrected chi connectivity index (χ2v) is 5.61. The molecule has 2 aromatic rings. The van der Waals surface area contributed by atoms with E-state index in [2.05, 4.69) is 5.32 Å². The van der Waals surface area contributed by atoms with Crippen molar-refractivity contribution in [1.29, 1.82) is 0 Å². The van der Waals surface area contributed by atoms with Gasteiger partial charge in [-0.1, -0.05) is 60.7 Å². The van der Waals surface area contributed by atoms with Gasteiger partial charge >= 0.3 is 0 Å². The monoisotopic (exact) mass is 326 g/mol. The summed E-state index contributed by atoms with van der Waals surface area (Å²) in [5, 5.41) is 2.81. The van der Waals surface area contributed by atoms with E-state index >= 15 is 0 Å². The molecule has 1 N–H and O–H groups in total. The van der Waals surface area contributed by atoms with Crippen LogP contribution in [0.5, 0.6) is 0 Å². The molecule has 0 radical (unpaired) electrons. The number of carbonyl (C=O) groups excluding carboxylic acids is 2. The van der Waals surface area contributed by atoms with Crippen LogP contribution in [0.2, 0.25) is 0 Å². The summed E-state index contributed by atoms with van der Waals surface area (Å²) in [6.45, 7) is 0. The quantitative estimate of drug-likeness (QED) is 0.886. The lowest BCUT2D eigenvalue weighted by molar-refractivity contribution is -0.138. The molecule has 2 atom stereocenters. The zero-order chi connectivity index (χ0) is 17.5. The van der Waals surface area contributed by atoms with E-state index in [9.17, 15) is 9.59 Å². The number of hydrogen-bond donors (Lipinski definition) is 1. The Morgan fingerprint density at radius 1 is 0.917 bits per heavy atom. The van der Waals surface area contributed by atoms with E-state index in [4.69, 9.17) is 4.74 Å². The fourth-order valence-electron chi connectivity index (χ4n) is 2.43. The summed E-state index contributed by atoms with van der Waals surface area (Å²) >= 11 is 0. The molecule has 0 aliphatic rings. The summed E-state index contributed by atoms with van der Waals surface area (Å²) in [5.74, 6) is -0.551. The topological polar surface area (TPSA) is 58.6 Å². The molecule has 0 bridgehead atoms. The van der Waals surface area contributed by atoms with E-state index in [1.165, 1.54) is 12.0 Å². The Bertz CT molecular complexity index is 672. The third kappa shape index (κ3) is 4.20. The van der Waals surface area contributed by atoms with Gasteiger partial charge in [0.15, 0.2) is 6.10 Å². The van der Waals surface area contributed by atoms with Crippen LogP contribution in [0.1, 0.15) is 23.3 Å². The van der Waals surface area contributed by atoms with E-state index in [0.717, 1.165) is 11.1 Å². The molecule has 0 heterocycles. The van der Waals surface area contributed by atoms with Crippen LogP contribution in [-0.4, -0.2) is 37.9 Å². The highest BCUT2D eigenvalue weighted by Crippen LogP contribution is 2.20. The first kappa shape index (κ1) is 17.7. The second-order valence-electron chi connectivity index (χ2n) is 5.61. The maximum atomic E-state index is 12.7. The Morgan fingerprint density at radius 2 is 1.42 bits per heavy atom. The van der Waals surface area contributed by atoms with E-state index in [0.29, 0.717) is 0 Å². The Kier molecular flexibility index (Phi) is 6.09. The first-order valence-corrected chi connectivity index (χ1v) is 7.68. The van der Waals surface area contributed by atoms with Crippen molar-refractivity contribution in [2.24, 2.45) is 0 Å². The molecule has 0 aliphatic carbocycles. The van der Waals surface area contributed by atoms with Gasteiger partial charge in [0.1, 0.15) is 6.04 Å². The molecule has 0 aliphatic heterocycles. The molecule has 0 aromatic heterocycles. The minimum atomic E-state index is -0.771. The maximum absolute atomic E-state index is 12.7. The first-order chi connectivity index (χ1) is 11.5. The van der Waals surface area contributed by atoms with Crippen LogP contribution in [-0.2, 0) is 14.3 Å². The van der Waals surface area contributed by atoms with Crippen molar-refractivity contribution < 1.29 is 14.3 Å². The third-order valence-electron chi connectivity index (χ3n) is 3.68. The molecule has 2 aromatic carbocycles. The number of hydrogen-bond acceptors (Lipinski definition) is 3. The van der Waals surface area contributed by atoms with E-state index in [1.807, 2.05) is 60.7 Å². The number of carbonyl (C=O) groups is 2. The highest BCUT2D eigenvalue weighted by molar-refractivity contribution is 5.90. The van der Waals surface area contributed by atoms with Gasteiger partial charge in [0.05, 0.1) is 0 Å². The molecule has 24 heavy (non-hydrogen) atoms. The lowest BCUT2D eigenvalue weighted by Gasteiger charge is -2.24. The lowest BCUT2D eigenvalue weighted by Crippen LogP contribution is -2.42. The standard InChI is InChI=1S/C19H22N2O3/c1-21(2)19(23)16(14-10-6-4-7-11-14)20-18(22)17(24-3)15-12-8-5-9-13-15/h4-13,16-17H,1-3H3,(H,20,22)/t16-,17+/m0/s1. The molecule has 126 valence electrons. The number of nitrogens with zero attached hydrogens (tertiary/aromatic N) is 1. The molecule has 5 heteroatoms. The van der Waals surface area contributed by atoms with Crippen molar-refractivity contribution in [3.63, 3.8) is 0 Å². The van der Waals surface area contributed by atoms with Crippen molar-refractivity contribution >= 4 is 11.8 Å². The Hall–Kier alpha value is -2.66. The molecule has 0 unspecified atom stereocenters. The van der Waals surface area contributed by atoms with Gasteiger partial charge in [-0.25, -0.2) is 0 Å². The fraction of sp³-hybridized carbons (Fsp3) is 0.263. The number of benzene rings is 2. The molecule has 0 spiro atoms. The number of amides is 2. The van der Waals surface area contributed by atoms with Crippen molar-refractivity contribution in [3.8, 4) is 0 Å². The van der Waals surface area contributed by atoms with Crippen LogP contribution >= 0.6 is 0 Å². The zero-order valence-corrected chi connectivity index (χ0v) is 14.1. The van der Waals surface area contributed by atoms with Crippen molar-refractivity contribution in [2.45, 2.75) is 12.1 Å². The normalized spacial score (nSPS) is 13.0. The summed E-state index contributed by atoms with van der Waals surface area (Å²) in [6, 6.07) is 17.6. The SMILES string of the molecule is CO[C@@H](C(=O)N[C@H](C(=O)N(C)C)c1ccccc1)c1ccccc1. The smallest absolute Gasteiger partial charge is 0.254 e. The molecular formula is C19H22N2O3. The fourth-order valence-corrected chi connectivity index (χ4v) is 2.43. The van der Waals surface area contributed by atoms with Crippen LogP contribution in [0.25, 0.3) is 0 Å². The van der Waals surface area contributed by atoms with Crippen LogP contribution < -0.4 is 5.32 Å². The predicted octanol–water partition coefficient (Wildman–Crippen LogP) is 2.32. The van der Waals surface area contributed by atoms with Crippen molar-refractivity contribution in [1.82, 2.24) is 10.2 Å². The third-order valence-corrected chi connectivity index (χ3v) is 3.68. The number of rotatable bonds is 6. The molecular weight excluding hydrogens is 304 g/mol. The molecule has 5 nitrogen and oxygen atoms in total. The van der Waals surface area contributed by atoms with Gasteiger partial charge in [-0.05, 0) is 11.1 Å². The molecule has 0 fully saturated rings. The zero-order valence-electron chi connectivity index (χ0n) is 14.1. The van der Waals surface area contributed by atoms with Gasteiger partial charge in [-0.2, -0.15) is 0 Å². The van der Waals surface area contributed by atoms with Crippen molar-refractivity contribution in [3.05, 3.63) is 71.8 Å². The number of likely N-dealkylation sites (N-methyl/N-ethyl adjacent to an activating group) is 1.